The fraction of sp³-hybridized carbons (Fsp3) is 0.474. The van der Waals surface area contributed by atoms with Crippen LogP contribution in [0, 0.1) is 12.3 Å². The molecule has 2 fully saturated rings. The van der Waals surface area contributed by atoms with Gasteiger partial charge >= 0.3 is 6.18 Å². The van der Waals surface area contributed by atoms with E-state index in [2.05, 4.69) is 25.0 Å². The van der Waals surface area contributed by atoms with Gasteiger partial charge < -0.3 is 4.90 Å². The molecule has 5 rings (SSSR count). The highest BCUT2D eigenvalue weighted by Crippen LogP contribution is 2.44. The van der Waals surface area contributed by atoms with Gasteiger partial charge in [-0.05, 0) is 13.3 Å². The summed E-state index contributed by atoms with van der Waals surface area (Å²) in [6.45, 7) is 1.47. The normalized spacial score (nSPS) is 18.1. The van der Waals surface area contributed by atoms with Crippen LogP contribution in [-0.4, -0.2) is 61.7 Å². The predicted octanol–water partition coefficient (Wildman–Crippen LogP) is 2.45. The Morgan fingerprint density at radius 1 is 1.12 bits per heavy atom. The zero-order valence-corrected chi connectivity index (χ0v) is 17.2. The summed E-state index contributed by atoms with van der Waals surface area (Å²) in [5, 5.41) is 3.86. The van der Waals surface area contributed by atoms with E-state index in [-0.39, 0.29) is 42.1 Å². The van der Waals surface area contributed by atoms with Crippen LogP contribution in [0.25, 0.3) is 11.2 Å². The minimum atomic E-state index is -4.60. The Kier molecular flexibility index (Phi) is 4.72. The summed E-state index contributed by atoms with van der Waals surface area (Å²) in [6, 6.07) is 0.876. The number of hydrogen-bond acceptors (Lipinski definition) is 7. The monoisotopic (exact) mass is 468 g/mol. The van der Waals surface area contributed by atoms with Gasteiger partial charge in [0.1, 0.15) is 29.4 Å². The van der Waals surface area contributed by atoms with Crippen molar-refractivity contribution >= 4 is 28.7 Å². The number of anilines is 2. The second kappa shape index (κ2) is 7.28. The Morgan fingerprint density at radius 3 is 2.58 bits per heavy atom. The molecule has 1 amide bonds. The molecule has 2 aliphatic heterocycles. The van der Waals surface area contributed by atoms with Crippen LogP contribution < -0.4 is 9.80 Å². The number of alkyl halides is 5. The fourth-order valence-electron chi connectivity index (χ4n) is 4.27. The van der Waals surface area contributed by atoms with E-state index in [0.29, 0.717) is 18.5 Å². The lowest BCUT2D eigenvalue weighted by molar-refractivity contribution is -0.141. The molecule has 0 N–H and O–H groups in total. The first-order chi connectivity index (χ1) is 15.6. The third kappa shape index (κ3) is 3.62. The highest BCUT2D eigenvalue weighted by molar-refractivity contribution is 6.01. The van der Waals surface area contributed by atoms with Crippen LogP contribution in [0.1, 0.15) is 17.9 Å². The number of carbonyl (C=O) groups excluding carboxylic acids is 1. The summed E-state index contributed by atoms with van der Waals surface area (Å²) < 4.78 is 65.9. The maximum absolute atomic E-state index is 13.2. The zero-order valence-electron chi connectivity index (χ0n) is 17.2. The van der Waals surface area contributed by atoms with Gasteiger partial charge in [-0.2, -0.15) is 18.3 Å². The molecular formula is C19H17F5N8O. The maximum Gasteiger partial charge on any atom is 0.433 e. The van der Waals surface area contributed by atoms with Gasteiger partial charge in [-0.1, -0.05) is 0 Å². The van der Waals surface area contributed by atoms with E-state index >= 15 is 0 Å². The molecule has 2 saturated heterocycles. The zero-order chi connectivity index (χ0) is 23.5. The predicted molar refractivity (Wildman–Crippen MR) is 105 cm³/mol. The van der Waals surface area contributed by atoms with Crippen LogP contribution in [0.3, 0.4) is 0 Å². The first kappa shape index (κ1) is 21.4. The van der Waals surface area contributed by atoms with Crippen molar-refractivity contribution in [2.45, 2.75) is 32.5 Å². The summed E-state index contributed by atoms with van der Waals surface area (Å²) in [6.07, 6.45) is -4.05. The number of halogens is 5. The highest BCUT2D eigenvalue weighted by Gasteiger charge is 2.56. The number of amides is 1. The summed E-state index contributed by atoms with van der Waals surface area (Å²) in [7, 11) is 0. The summed E-state index contributed by atoms with van der Waals surface area (Å²) >= 11 is 0. The second-order valence-corrected chi connectivity index (χ2v) is 8.15. The molecule has 0 saturated carbocycles. The smallest absolute Gasteiger partial charge is 0.354 e. The van der Waals surface area contributed by atoms with E-state index in [1.165, 1.54) is 24.2 Å². The van der Waals surface area contributed by atoms with Gasteiger partial charge in [0.2, 0.25) is 5.91 Å². The lowest BCUT2D eigenvalue weighted by Crippen LogP contribution is -2.60. The molecule has 5 heterocycles. The molecule has 0 aliphatic carbocycles. The van der Waals surface area contributed by atoms with Gasteiger partial charge in [-0.3, -0.25) is 9.69 Å². The molecule has 0 aromatic carbocycles. The topological polar surface area (TPSA) is 92.9 Å². The van der Waals surface area contributed by atoms with Gasteiger partial charge in [0.25, 0.3) is 6.43 Å². The van der Waals surface area contributed by atoms with Crippen molar-refractivity contribution in [1.29, 1.82) is 0 Å². The number of carbonyl (C=O) groups is 1. The Hall–Kier alpha value is -3.45. The maximum atomic E-state index is 13.2. The Balaban J connectivity index is 1.35. The number of rotatable bonds is 4. The van der Waals surface area contributed by atoms with Crippen LogP contribution in [0.2, 0.25) is 0 Å². The van der Waals surface area contributed by atoms with E-state index in [1.54, 1.807) is 4.90 Å². The van der Waals surface area contributed by atoms with Crippen molar-refractivity contribution in [2.24, 2.45) is 5.41 Å². The fourth-order valence-corrected chi connectivity index (χ4v) is 4.27. The van der Waals surface area contributed by atoms with Crippen molar-refractivity contribution in [3.8, 4) is 0 Å². The van der Waals surface area contributed by atoms with Crippen LogP contribution in [0.15, 0.2) is 18.5 Å². The molecule has 14 heteroatoms. The Morgan fingerprint density at radius 2 is 1.88 bits per heavy atom. The lowest BCUT2D eigenvalue weighted by atomic mass is 9.78. The molecule has 0 bridgehead atoms. The number of fused-ring (bicyclic) bond motifs is 1. The molecule has 33 heavy (non-hydrogen) atoms. The minimum absolute atomic E-state index is 0.0101. The van der Waals surface area contributed by atoms with Crippen molar-refractivity contribution < 1.29 is 26.7 Å². The number of nitrogens with zero attached hydrogens (tertiary/aromatic N) is 8. The van der Waals surface area contributed by atoms with Crippen LogP contribution in [0.5, 0.6) is 0 Å². The molecule has 3 aromatic rings. The number of hydrogen-bond donors (Lipinski definition) is 0. The Labute approximate surface area is 183 Å². The molecule has 0 unspecified atom stereocenters. The van der Waals surface area contributed by atoms with Crippen molar-refractivity contribution in [1.82, 2.24) is 29.7 Å². The van der Waals surface area contributed by atoms with Gasteiger partial charge in [0.15, 0.2) is 11.5 Å². The summed E-state index contributed by atoms with van der Waals surface area (Å²) in [4.78, 5) is 32.2. The molecule has 1 spiro atoms. The van der Waals surface area contributed by atoms with E-state index in [0.717, 1.165) is 10.7 Å². The SMILES string of the molecule is Cc1nc(N2CC3(CCN(c4cnc5cnn(CC(F)F)c5n4)C3=O)C2)cc(C(F)(F)F)n1. The number of aryl methyl sites for hydroxylation is 1. The highest BCUT2D eigenvalue weighted by atomic mass is 19.4. The molecule has 3 aromatic heterocycles. The third-order valence-corrected chi connectivity index (χ3v) is 5.86. The molecule has 9 nitrogen and oxygen atoms in total. The molecule has 0 atom stereocenters. The quantitative estimate of drug-likeness (QED) is 0.543. The van der Waals surface area contributed by atoms with Crippen molar-refractivity contribution in [2.75, 3.05) is 29.4 Å². The second-order valence-electron chi connectivity index (χ2n) is 8.15. The van der Waals surface area contributed by atoms with Crippen molar-refractivity contribution in [3.05, 3.63) is 30.0 Å². The van der Waals surface area contributed by atoms with Crippen LogP contribution >= 0.6 is 0 Å². The first-order valence-corrected chi connectivity index (χ1v) is 10.0. The largest absolute Gasteiger partial charge is 0.433 e. The minimum Gasteiger partial charge on any atom is -0.354 e. The van der Waals surface area contributed by atoms with Crippen molar-refractivity contribution in [3.63, 3.8) is 0 Å². The van der Waals surface area contributed by atoms with Gasteiger partial charge in [-0.15, -0.1) is 0 Å². The van der Waals surface area contributed by atoms with Crippen LogP contribution in [0.4, 0.5) is 33.6 Å². The van der Waals surface area contributed by atoms with Gasteiger partial charge in [0, 0.05) is 25.7 Å². The van der Waals surface area contributed by atoms with E-state index < -0.39 is 30.3 Å². The Bertz CT molecular complexity index is 1240. The van der Waals surface area contributed by atoms with E-state index in [9.17, 15) is 26.7 Å². The first-order valence-electron chi connectivity index (χ1n) is 10.0. The number of aromatic nitrogens is 6. The molecule has 0 radical (unpaired) electrons. The van der Waals surface area contributed by atoms with Gasteiger partial charge in [-0.25, -0.2) is 33.4 Å². The molecular weight excluding hydrogens is 451 g/mol. The average molecular weight is 468 g/mol. The summed E-state index contributed by atoms with van der Waals surface area (Å²) in [5.74, 6) is 0.0816. The molecule has 174 valence electrons. The van der Waals surface area contributed by atoms with E-state index in [1.807, 2.05) is 0 Å². The van der Waals surface area contributed by atoms with E-state index in [4.69, 9.17) is 0 Å². The standard InChI is InChI=1S/C19H17F5N8O/c1-10-27-12(19(22,23)24)4-14(28-10)30-8-18(9-30)2-3-31(17(18)33)15-6-25-11-5-26-32(7-13(20)21)16(11)29-15/h4-6,13H,2-3,7-9H2,1H3. The average Bonchev–Trinajstić information content (AvgIpc) is 3.26. The lowest BCUT2D eigenvalue weighted by Gasteiger charge is -2.47. The van der Waals surface area contributed by atoms with Gasteiger partial charge in [0.05, 0.1) is 17.8 Å². The molecule has 2 aliphatic rings. The summed E-state index contributed by atoms with van der Waals surface area (Å²) in [5.41, 5.74) is -1.34. The van der Waals surface area contributed by atoms with Crippen LogP contribution in [-0.2, 0) is 17.5 Å². The third-order valence-electron chi connectivity index (χ3n) is 5.86.